The van der Waals surface area contributed by atoms with Crippen LogP contribution in [-0.2, 0) is 19.9 Å². The van der Waals surface area contributed by atoms with Gasteiger partial charge in [0.05, 0.1) is 16.4 Å². The number of rotatable bonds is 6. The van der Waals surface area contributed by atoms with Crippen molar-refractivity contribution >= 4 is 11.3 Å². The zero-order valence-electron chi connectivity index (χ0n) is 12.1. The maximum atomic E-state index is 4.57. The van der Waals surface area contributed by atoms with Crippen LogP contribution in [0.5, 0.6) is 0 Å². The topological polar surface area (TPSA) is 42.7 Å². The van der Waals surface area contributed by atoms with Crippen molar-refractivity contribution in [2.24, 2.45) is 7.05 Å². The fourth-order valence-corrected chi connectivity index (χ4v) is 2.99. The van der Waals surface area contributed by atoms with Gasteiger partial charge in [-0.2, -0.15) is 5.10 Å². The van der Waals surface area contributed by atoms with Crippen molar-refractivity contribution < 1.29 is 0 Å². The Labute approximate surface area is 118 Å². The van der Waals surface area contributed by atoms with E-state index < -0.39 is 0 Å². The summed E-state index contributed by atoms with van der Waals surface area (Å²) >= 11 is 1.72. The van der Waals surface area contributed by atoms with Gasteiger partial charge in [0.25, 0.3) is 0 Å². The molecule has 0 bridgehead atoms. The van der Waals surface area contributed by atoms with Crippen molar-refractivity contribution in [3.8, 4) is 0 Å². The highest BCUT2D eigenvalue weighted by molar-refractivity contribution is 7.09. The number of nitrogens with zero attached hydrogens (tertiary/aromatic N) is 3. The fraction of sp³-hybridized carbons (Fsp3) is 0.571. The fourth-order valence-electron chi connectivity index (χ4n) is 2.37. The van der Waals surface area contributed by atoms with Gasteiger partial charge in [0, 0.05) is 36.7 Å². The molecule has 2 aromatic heterocycles. The van der Waals surface area contributed by atoms with Gasteiger partial charge >= 0.3 is 0 Å². The van der Waals surface area contributed by atoms with Crippen LogP contribution >= 0.6 is 11.3 Å². The molecule has 0 aliphatic heterocycles. The summed E-state index contributed by atoms with van der Waals surface area (Å²) < 4.78 is 1.91. The minimum atomic E-state index is 0.301. The Morgan fingerprint density at radius 3 is 2.79 bits per heavy atom. The smallest absolute Gasteiger partial charge is 0.0897 e. The van der Waals surface area contributed by atoms with Crippen molar-refractivity contribution in [3.63, 3.8) is 0 Å². The first kappa shape index (κ1) is 14.2. The monoisotopic (exact) mass is 278 g/mol. The molecule has 0 aliphatic carbocycles. The molecular weight excluding hydrogens is 256 g/mol. The van der Waals surface area contributed by atoms with Gasteiger partial charge in [-0.15, -0.1) is 11.3 Å². The lowest BCUT2D eigenvalue weighted by Gasteiger charge is -2.16. The molecule has 2 heterocycles. The lowest BCUT2D eigenvalue weighted by molar-refractivity contribution is 0.541. The SMILES string of the molecule is CCNC(Cc1csc(C)n1)c1cn(C)nc1CC. The molecular formula is C14H22N4S. The van der Waals surface area contributed by atoms with Gasteiger partial charge in [-0.05, 0) is 19.9 Å². The quantitative estimate of drug-likeness (QED) is 0.883. The molecule has 0 spiro atoms. The van der Waals surface area contributed by atoms with Crippen LogP contribution in [0.2, 0.25) is 0 Å². The summed E-state index contributed by atoms with van der Waals surface area (Å²) in [6.45, 7) is 7.30. The molecule has 0 amide bonds. The van der Waals surface area contributed by atoms with E-state index in [0.29, 0.717) is 6.04 Å². The Balaban J connectivity index is 2.23. The summed E-state index contributed by atoms with van der Waals surface area (Å²) in [7, 11) is 1.98. The van der Waals surface area contributed by atoms with E-state index >= 15 is 0 Å². The number of hydrogen-bond acceptors (Lipinski definition) is 4. The minimum Gasteiger partial charge on any atom is -0.310 e. The summed E-state index contributed by atoms with van der Waals surface area (Å²) in [5.41, 5.74) is 3.65. The van der Waals surface area contributed by atoms with E-state index in [9.17, 15) is 0 Å². The molecule has 1 unspecified atom stereocenters. The second-order valence-corrected chi connectivity index (χ2v) is 5.79. The van der Waals surface area contributed by atoms with Crippen molar-refractivity contribution in [1.82, 2.24) is 20.1 Å². The minimum absolute atomic E-state index is 0.301. The second kappa shape index (κ2) is 6.30. The van der Waals surface area contributed by atoms with Gasteiger partial charge in [0.15, 0.2) is 0 Å². The maximum Gasteiger partial charge on any atom is 0.0897 e. The summed E-state index contributed by atoms with van der Waals surface area (Å²) in [5.74, 6) is 0. The van der Waals surface area contributed by atoms with Crippen molar-refractivity contribution in [2.75, 3.05) is 6.54 Å². The van der Waals surface area contributed by atoms with Gasteiger partial charge in [0.1, 0.15) is 0 Å². The first-order valence-electron chi connectivity index (χ1n) is 6.80. The number of aryl methyl sites for hydroxylation is 3. The normalized spacial score (nSPS) is 12.8. The molecule has 0 saturated heterocycles. The molecule has 19 heavy (non-hydrogen) atoms. The molecule has 4 nitrogen and oxygen atoms in total. The van der Waals surface area contributed by atoms with Crippen LogP contribution < -0.4 is 5.32 Å². The van der Waals surface area contributed by atoms with Crippen LogP contribution in [0.15, 0.2) is 11.6 Å². The van der Waals surface area contributed by atoms with Crippen LogP contribution in [0, 0.1) is 6.92 Å². The number of nitrogens with one attached hydrogen (secondary N) is 1. The third kappa shape index (κ3) is 3.42. The highest BCUT2D eigenvalue weighted by Gasteiger charge is 2.18. The number of hydrogen-bond donors (Lipinski definition) is 1. The maximum absolute atomic E-state index is 4.57. The Morgan fingerprint density at radius 1 is 1.42 bits per heavy atom. The van der Waals surface area contributed by atoms with E-state index in [1.165, 1.54) is 17.0 Å². The average molecular weight is 278 g/mol. The summed E-state index contributed by atoms with van der Waals surface area (Å²) in [6, 6.07) is 0.301. The van der Waals surface area contributed by atoms with Crippen molar-refractivity contribution in [3.05, 3.63) is 33.5 Å². The van der Waals surface area contributed by atoms with Crippen LogP contribution in [0.3, 0.4) is 0 Å². The molecule has 0 fully saturated rings. The zero-order chi connectivity index (χ0) is 13.8. The van der Waals surface area contributed by atoms with Crippen LogP contribution in [0.4, 0.5) is 0 Å². The van der Waals surface area contributed by atoms with Gasteiger partial charge in [-0.25, -0.2) is 4.98 Å². The largest absolute Gasteiger partial charge is 0.310 e. The molecule has 0 saturated carbocycles. The predicted molar refractivity (Wildman–Crippen MR) is 79.6 cm³/mol. The van der Waals surface area contributed by atoms with Crippen LogP contribution in [0.25, 0.3) is 0 Å². The third-order valence-corrected chi connectivity index (χ3v) is 4.00. The first-order chi connectivity index (χ1) is 9.13. The highest BCUT2D eigenvalue weighted by Crippen LogP contribution is 2.22. The summed E-state index contributed by atoms with van der Waals surface area (Å²) in [4.78, 5) is 4.57. The molecule has 1 N–H and O–H groups in total. The highest BCUT2D eigenvalue weighted by atomic mass is 32.1. The zero-order valence-corrected chi connectivity index (χ0v) is 12.9. The molecule has 0 aliphatic rings. The molecule has 0 aromatic carbocycles. The Hall–Kier alpha value is -1.20. The van der Waals surface area contributed by atoms with Gasteiger partial charge in [-0.1, -0.05) is 13.8 Å². The van der Waals surface area contributed by atoms with E-state index in [4.69, 9.17) is 0 Å². The molecule has 2 aromatic rings. The third-order valence-electron chi connectivity index (χ3n) is 3.18. The second-order valence-electron chi connectivity index (χ2n) is 4.73. The van der Waals surface area contributed by atoms with E-state index in [1.807, 2.05) is 11.7 Å². The lowest BCUT2D eigenvalue weighted by atomic mass is 10.0. The van der Waals surface area contributed by atoms with E-state index in [-0.39, 0.29) is 0 Å². The van der Waals surface area contributed by atoms with Crippen molar-refractivity contribution in [1.29, 1.82) is 0 Å². The van der Waals surface area contributed by atoms with Gasteiger partial charge in [-0.3, -0.25) is 4.68 Å². The molecule has 0 radical (unpaired) electrons. The summed E-state index contributed by atoms with van der Waals surface area (Å²) in [5, 5.41) is 11.4. The van der Waals surface area contributed by atoms with E-state index in [0.717, 1.165) is 24.4 Å². The van der Waals surface area contributed by atoms with E-state index in [2.05, 4.69) is 47.7 Å². The van der Waals surface area contributed by atoms with Crippen LogP contribution in [-0.4, -0.2) is 21.3 Å². The number of aromatic nitrogens is 3. The molecule has 5 heteroatoms. The predicted octanol–water partition coefficient (Wildman–Crippen LogP) is 2.64. The molecule has 1 atom stereocenters. The first-order valence-corrected chi connectivity index (χ1v) is 7.68. The number of likely N-dealkylation sites (N-methyl/N-ethyl adjacent to an activating group) is 1. The Bertz CT molecular complexity index is 529. The standard InChI is InChI=1S/C14H22N4S/c1-5-13-12(8-18(4)17-13)14(15-6-2)7-11-9-19-10(3)16-11/h8-9,14-15H,5-7H2,1-4H3. The molecule has 2 rings (SSSR count). The summed E-state index contributed by atoms with van der Waals surface area (Å²) in [6.07, 6.45) is 4.02. The molecule has 104 valence electrons. The van der Waals surface area contributed by atoms with Crippen molar-refractivity contribution in [2.45, 2.75) is 39.7 Å². The Kier molecular flexibility index (Phi) is 4.71. The van der Waals surface area contributed by atoms with E-state index in [1.54, 1.807) is 11.3 Å². The Morgan fingerprint density at radius 2 is 2.21 bits per heavy atom. The number of thiazole rings is 1. The van der Waals surface area contributed by atoms with Gasteiger partial charge < -0.3 is 5.32 Å². The van der Waals surface area contributed by atoms with Gasteiger partial charge in [0.2, 0.25) is 0 Å². The average Bonchev–Trinajstić information content (AvgIpc) is 2.94. The van der Waals surface area contributed by atoms with Crippen LogP contribution in [0.1, 0.15) is 41.8 Å². The lowest BCUT2D eigenvalue weighted by Crippen LogP contribution is -2.23.